The molecule has 1 spiro atoms. The molecule has 1 aliphatic heterocycles. The normalized spacial score (nSPS) is 52.9. The van der Waals surface area contributed by atoms with Crippen LogP contribution in [0.25, 0.3) is 0 Å². The molecular formula is C6H10FN. The zero-order valence-corrected chi connectivity index (χ0v) is 4.78. The van der Waals surface area contributed by atoms with Crippen molar-refractivity contribution in [2.75, 3.05) is 6.54 Å². The van der Waals surface area contributed by atoms with Gasteiger partial charge in [0.25, 0.3) is 0 Å². The molecule has 0 atom stereocenters. The average Bonchev–Trinajstić information content (AvgIpc) is 1.51. The monoisotopic (exact) mass is 115 g/mol. The molecule has 8 heavy (non-hydrogen) atoms. The zero-order chi connectivity index (χ0) is 5.61. The van der Waals surface area contributed by atoms with Crippen molar-refractivity contribution in [3.05, 3.63) is 0 Å². The van der Waals surface area contributed by atoms with Gasteiger partial charge in [0.05, 0.1) is 0 Å². The van der Waals surface area contributed by atoms with Crippen LogP contribution in [0.15, 0.2) is 0 Å². The van der Waals surface area contributed by atoms with Gasteiger partial charge in [-0.3, -0.25) is 0 Å². The van der Waals surface area contributed by atoms with Gasteiger partial charge in [-0.2, -0.15) is 0 Å². The van der Waals surface area contributed by atoms with E-state index in [0.29, 0.717) is 5.54 Å². The van der Waals surface area contributed by atoms with Gasteiger partial charge in [0.2, 0.25) is 0 Å². The molecule has 0 unspecified atom stereocenters. The second kappa shape index (κ2) is 1.24. The van der Waals surface area contributed by atoms with Crippen molar-refractivity contribution in [1.29, 1.82) is 0 Å². The fraction of sp³-hybridized carbons (Fsp3) is 1.00. The third-order valence-corrected chi connectivity index (χ3v) is 2.33. The summed E-state index contributed by atoms with van der Waals surface area (Å²) < 4.78 is 12.2. The van der Waals surface area contributed by atoms with Gasteiger partial charge >= 0.3 is 0 Å². The lowest BCUT2D eigenvalue weighted by atomic mass is 9.69. The molecule has 1 heterocycles. The van der Waals surface area contributed by atoms with Gasteiger partial charge in [0.15, 0.2) is 0 Å². The number of nitrogens with one attached hydrogen (secondary N) is 1. The van der Waals surface area contributed by atoms with Crippen molar-refractivity contribution in [3.63, 3.8) is 0 Å². The molecule has 2 heteroatoms. The van der Waals surface area contributed by atoms with Crippen LogP contribution in [0.4, 0.5) is 4.39 Å². The number of halogens is 1. The van der Waals surface area contributed by atoms with Crippen molar-refractivity contribution in [2.24, 2.45) is 0 Å². The summed E-state index contributed by atoms with van der Waals surface area (Å²) in [6, 6.07) is 0. The third-order valence-electron chi connectivity index (χ3n) is 2.33. The topological polar surface area (TPSA) is 12.0 Å². The van der Waals surface area contributed by atoms with E-state index < -0.39 is 6.17 Å². The highest BCUT2D eigenvalue weighted by Gasteiger charge is 2.48. The summed E-state index contributed by atoms with van der Waals surface area (Å²) in [4.78, 5) is 0. The van der Waals surface area contributed by atoms with Gasteiger partial charge in [-0.15, -0.1) is 0 Å². The number of alkyl halides is 1. The van der Waals surface area contributed by atoms with Gasteiger partial charge in [-0.1, -0.05) is 0 Å². The maximum atomic E-state index is 12.2. The predicted octanol–water partition coefficient (Wildman–Crippen LogP) is 0.850. The molecule has 1 saturated heterocycles. The summed E-state index contributed by atoms with van der Waals surface area (Å²) in [6.07, 6.45) is 2.25. The SMILES string of the molecule is FC1CC2(CCN2)C1. The molecule has 1 nitrogen and oxygen atoms in total. The van der Waals surface area contributed by atoms with Crippen LogP contribution >= 0.6 is 0 Å². The molecule has 0 aromatic heterocycles. The standard InChI is InChI=1S/C6H10FN/c7-5-3-6(4-5)1-2-8-6/h5,8H,1-4H2. The van der Waals surface area contributed by atoms with Crippen molar-refractivity contribution < 1.29 is 4.39 Å². The summed E-state index contributed by atoms with van der Waals surface area (Å²) in [6.45, 7) is 1.10. The van der Waals surface area contributed by atoms with Crippen LogP contribution in [0, 0.1) is 0 Å². The maximum Gasteiger partial charge on any atom is 0.104 e. The molecule has 0 amide bonds. The Hall–Kier alpha value is -0.110. The van der Waals surface area contributed by atoms with Crippen molar-refractivity contribution in [2.45, 2.75) is 31.0 Å². The minimum Gasteiger partial charge on any atom is -0.311 e. The van der Waals surface area contributed by atoms with Crippen molar-refractivity contribution >= 4 is 0 Å². The van der Waals surface area contributed by atoms with Gasteiger partial charge in [-0.05, 0) is 25.8 Å². The minimum absolute atomic E-state index is 0.291. The lowest BCUT2D eigenvalue weighted by Gasteiger charge is -2.52. The molecule has 0 bridgehead atoms. The molecule has 0 radical (unpaired) electrons. The summed E-state index contributed by atoms with van der Waals surface area (Å²) in [7, 11) is 0. The van der Waals surface area contributed by atoms with E-state index in [1.54, 1.807) is 0 Å². The summed E-state index contributed by atoms with van der Waals surface area (Å²) in [5, 5.41) is 3.25. The molecule has 0 aromatic rings. The summed E-state index contributed by atoms with van der Waals surface area (Å²) in [5.74, 6) is 0. The fourth-order valence-electron chi connectivity index (χ4n) is 1.62. The molecule has 2 aliphatic rings. The van der Waals surface area contributed by atoms with E-state index in [2.05, 4.69) is 5.32 Å². The Labute approximate surface area is 48.3 Å². The molecule has 1 aliphatic carbocycles. The Morgan fingerprint density at radius 2 is 2.12 bits per heavy atom. The average molecular weight is 115 g/mol. The largest absolute Gasteiger partial charge is 0.311 e. The highest BCUT2D eigenvalue weighted by Crippen LogP contribution is 2.41. The summed E-state index contributed by atoms with van der Waals surface area (Å²) in [5.41, 5.74) is 0.291. The predicted molar refractivity (Wildman–Crippen MR) is 29.5 cm³/mol. The Kier molecular flexibility index (Phi) is 0.734. The summed E-state index contributed by atoms with van der Waals surface area (Å²) >= 11 is 0. The highest BCUT2D eigenvalue weighted by atomic mass is 19.1. The first-order chi connectivity index (χ1) is 3.81. The Morgan fingerprint density at radius 3 is 2.25 bits per heavy atom. The van der Waals surface area contributed by atoms with E-state index >= 15 is 0 Å². The molecule has 0 aromatic carbocycles. The molecule has 2 rings (SSSR count). The fourth-order valence-corrected chi connectivity index (χ4v) is 1.62. The Morgan fingerprint density at radius 1 is 1.50 bits per heavy atom. The van der Waals surface area contributed by atoms with E-state index in [0.717, 1.165) is 19.4 Å². The van der Waals surface area contributed by atoms with Crippen LogP contribution in [0.1, 0.15) is 19.3 Å². The van der Waals surface area contributed by atoms with Crippen molar-refractivity contribution in [3.8, 4) is 0 Å². The number of hydrogen-bond acceptors (Lipinski definition) is 1. The van der Waals surface area contributed by atoms with Gasteiger partial charge < -0.3 is 5.32 Å². The minimum atomic E-state index is -0.497. The van der Waals surface area contributed by atoms with E-state index in [1.165, 1.54) is 6.42 Å². The van der Waals surface area contributed by atoms with Gasteiger partial charge in [-0.25, -0.2) is 4.39 Å². The molecule has 2 fully saturated rings. The van der Waals surface area contributed by atoms with Crippen LogP contribution in [0.2, 0.25) is 0 Å². The van der Waals surface area contributed by atoms with Gasteiger partial charge in [0, 0.05) is 5.54 Å². The third kappa shape index (κ3) is 0.440. The Bertz CT molecular complexity index is 101. The zero-order valence-electron chi connectivity index (χ0n) is 4.78. The van der Waals surface area contributed by atoms with E-state index in [9.17, 15) is 4.39 Å². The number of hydrogen-bond donors (Lipinski definition) is 1. The maximum absolute atomic E-state index is 12.2. The lowest BCUT2D eigenvalue weighted by Crippen LogP contribution is -2.65. The van der Waals surface area contributed by atoms with Crippen LogP contribution in [0.3, 0.4) is 0 Å². The highest BCUT2D eigenvalue weighted by molar-refractivity contribution is 5.07. The number of rotatable bonds is 0. The Balaban J connectivity index is 1.92. The first kappa shape index (κ1) is 4.74. The van der Waals surface area contributed by atoms with Crippen LogP contribution in [0.5, 0.6) is 0 Å². The van der Waals surface area contributed by atoms with Crippen molar-refractivity contribution in [1.82, 2.24) is 5.32 Å². The molecule has 46 valence electrons. The van der Waals surface area contributed by atoms with Crippen LogP contribution in [-0.2, 0) is 0 Å². The second-order valence-corrected chi connectivity index (χ2v) is 2.96. The molecule has 1 saturated carbocycles. The van der Waals surface area contributed by atoms with Gasteiger partial charge in [0.1, 0.15) is 6.17 Å². The van der Waals surface area contributed by atoms with Crippen LogP contribution < -0.4 is 5.32 Å². The quantitative estimate of drug-likeness (QED) is 0.493. The first-order valence-corrected chi connectivity index (χ1v) is 3.20. The van der Waals surface area contributed by atoms with Crippen LogP contribution in [-0.4, -0.2) is 18.3 Å². The smallest absolute Gasteiger partial charge is 0.104 e. The van der Waals surface area contributed by atoms with E-state index in [-0.39, 0.29) is 0 Å². The first-order valence-electron chi connectivity index (χ1n) is 3.20. The lowest BCUT2D eigenvalue weighted by molar-refractivity contribution is 0.0165. The van der Waals surface area contributed by atoms with E-state index in [4.69, 9.17) is 0 Å². The van der Waals surface area contributed by atoms with E-state index in [1.807, 2.05) is 0 Å². The molecular weight excluding hydrogens is 105 g/mol. The second-order valence-electron chi connectivity index (χ2n) is 2.96. The molecule has 1 N–H and O–H groups in total.